The molecule has 0 aliphatic rings. The fraction of sp³-hybridized carbons (Fsp3) is 0.300. The standard InChI is InChI=1S/C20H22O3S/c1-14-13-17(24-3)10-11-18(14)20(22)15(2)23-19(21)12-9-16-7-5-4-6-8-16/h4-8,10-11,13,15H,9,12H2,1-3H3. The molecule has 0 aliphatic heterocycles. The van der Waals surface area contributed by atoms with Crippen molar-refractivity contribution in [1.29, 1.82) is 0 Å². The number of hydrogen-bond acceptors (Lipinski definition) is 4. The lowest BCUT2D eigenvalue weighted by atomic mass is 10.0. The third-order valence-corrected chi connectivity index (χ3v) is 4.56. The summed E-state index contributed by atoms with van der Waals surface area (Å²) in [6.07, 6.45) is 2.11. The quantitative estimate of drug-likeness (QED) is 0.423. The van der Waals surface area contributed by atoms with Crippen molar-refractivity contribution in [2.75, 3.05) is 6.26 Å². The molecule has 2 rings (SSSR count). The molecule has 0 fully saturated rings. The van der Waals surface area contributed by atoms with Crippen LogP contribution in [-0.4, -0.2) is 24.1 Å². The number of Topliss-reactive ketones (excluding diaryl/α,β-unsaturated/α-hetero) is 1. The zero-order valence-electron chi connectivity index (χ0n) is 14.2. The molecule has 0 aliphatic carbocycles. The minimum atomic E-state index is -0.771. The fourth-order valence-electron chi connectivity index (χ4n) is 2.46. The summed E-state index contributed by atoms with van der Waals surface area (Å²) in [5, 5.41) is 0. The molecule has 0 heterocycles. The Bertz CT molecular complexity index is 710. The maximum absolute atomic E-state index is 12.5. The van der Waals surface area contributed by atoms with Crippen LogP contribution in [0, 0.1) is 6.92 Å². The van der Waals surface area contributed by atoms with E-state index in [1.54, 1.807) is 24.8 Å². The van der Waals surface area contributed by atoms with E-state index in [0.29, 0.717) is 12.0 Å². The zero-order valence-corrected chi connectivity index (χ0v) is 15.1. The predicted molar refractivity (Wildman–Crippen MR) is 97.6 cm³/mol. The number of hydrogen-bond donors (Lipinski definition) is 0. The molecule has 4 heteroatoms. The summed E-state index contributed by atoms with van der Waals surface area (Å²) in [5.74, 6) is -0.508. The van der Waals surface area contributed by atoms with Gasteiger partial charge in [0.2, 0.25) is 5.78 Å². The fourth-order valence-corrected chi connectivity index (χ4v) is 2.96. The van der Waals surface area contributed by atoms with Gasteiger partial charge < -0.3 is 4.74 Å². The first-order valence-corrected chi connectivity index (χ1v) is 9.16. The van der Waals surface area contributed by atoms with Crippen LogP contribution < -0.4 is 0 Å². The Morgan fingerprint density at radius 1 is 1.12 bits per heavy atom. The first kappa shape index (κ1) is 18.3. The van der Waals surface area contributed by atoms with E-state index in [1.807, 2.05) is 55.6 Å². The summed E-state index contributed by atoms with van der Waals surface area (Å²) < 4.78 is 5.31. The van der Waals surface area contributed by atoms with E-state index in [-0.39, 0.29) is 18.2 Å². The number of carbonyl (C=O) groups is 2. The number of aryl methyl sites for hydroxylation is 2. The molecule has 0 radical (unpaired) electrons. The van der Waals surface area contributed by atoms with Crippen molar-refractivity contribution in [2.24, 2.45) is 0 Å². The first-order chi connectivity index (χ1) is 11.5. The smallest absolute Gasteiger partial charge is 0.306 e. The summed E-state index contributed by atoms with van der Waals surface area (Å²) >= 11 is 1.63. The van der Waals surface area contributed by atoms with Crippen molar-refractivity contribution in [1.82, 2.24) is 0 Å². The minimum absolute atomic E-state index is 0.159. The van der Waals surface area contributed by atoms with Crippen LogP contribution >= 0.6 is 11.8 Å². The van der Waals surface area contributed by atoms with Crippen LogP contribution in [0.1, 0.15) is 34.8 Å². The summed E-state index contributed by atoms with van der Waals surface area (Å²) in [6, 6.07) is 15.4. The van der Waals surface area contributed by atoms with E-state index >= 15 is 0 Å². The Balaban J connectivity index is 1.92. The molecule has 3 nitrogen and oxygen atoms in total. The number of rotatable bonds is 7. The van der Waals surface area contributed by atoms with Gasteiger partial charge in [-0.15, -0.1) is 11.8 Å². The Morgan fingerprint density at radius 2 is 1.83 bits per heavy atom. The summed E-state index contributed by atoms with van der Waals surface area (Å²) in [5.41, 5.74) is 2.59. The molecule has 0 aromatic heterocycles. The highest BCUT2D eigenvalue weighted by atomic mass is 32.2. The van der Waals surface area contributed by atoms with E-state index in [9.17, 15) is 9.59 Å². The largest absolute Gasteiger partial charge is 0.454 e. The molecule has 126 valence electrons. The lowest BCUT2D eigenvalue weighted by molar-refractivity contribution is -0.146. The van der Waals surface area contributed by atoms with Gasteiger partial charge in [0.05, 0.1) is 0 Å². The Kier molecular flexibility index (Phi) is 6.62. The second kappa shape index (κ2) is 8.69. The van der Waals surface area contributed by atoms with Crippen LogP contribution in [0.5, 0.6) is 0 Å². The topological polar surface area (TPSA) is 43.4 Å². The van der Waals surface area contributed by atoms with Crippen LogP contribution in [-0.2, 0) is 16.0 Å². The lowest BCUT2D eigenvalue weighted by Crippen LogP contribution is -2.25. The number of esters is 1. The van der Waals surface area contributed by atoms with Gasteiger partial charge >= 0.3 is 5.97 Å². The van der Waals surface area contributed by atoms with Crippen LogP contribution in [0.25, 0.3) is 0 Å². The number of ether oxygens (including phenoxy) is 1. The molecule has 1 unspecified atom stereocenters. The average molecular weight is 342 g/mol. The van der Waals surface area contributed by atoms with Crippen molar-refractivity contribution in [3.63, 3.8) is 0 Å². The maximum Gasteiger partial charge on any atom is 0.306 e. The van der Waals surface area contributed by atoms with Crippen LogP contribution in [0.15, 0.2) is 53.4 Å². The van der Waals surface area contributed by atoms with Crippen molar-refractivity contribution >= 4 is 23.5 Å². The first-order valence-electron chi connectivity index (χ1n) is 7.93. The van der Waals surface area contributed by atoms with E-state index in [0.717, 1.165) is 16.0 Å². The van der Waals surface area contributed by atoms with Gasteiger partial charge in [-0.25, -0.2) is 0 Å². The molecule has 0 spiro atoms. The number of thioether (sulfide) groups is 1. The third kappa shape index (κ3) is 4.96. The van der Waals surface area contributed by atoms with Gasteiger partial charge in [0.25, 0.3) is 0 Å². The molecule has 2 aromatic rings. The molecule has 0 amide bonds. The van der Waals surface area contributed by atoms with Gasteiger partial charge in [-0.05, 0) is 55.9 Å². The lowest BCUT2D eigenvalue weighted by Gasteiger charge is -2.14. The SMILES string of the molecule is CSc1ccc(C(=O)C(C)OC(=O)CCc2ccccc2)c(C)c1. The highest BCUT2D eigenvalue weighted by Crippen LogP contribution is 2.20. The van der Waals surface area contributed by atoms with E-state index in [1.165, 1.54) is 0 Å². The Hall–Kier alpha value is -2.07. The molecule has 1 atom stereocenters. The normalized spacial score (nSPS) is 11.8. The van der Waals surface area contributed by atoms with Crippen LogP contribution in [0.3, 0.4) is 0 Å². The zero-order chi connectivity index (χ0) is 17.5. The van der Waals surface area contributed by atoms with Crippen molar-refractivity contribution in [3.05, 3.63) is 65.2 Å². The molecular weight excluding hydrogens is 320 g/mol. The second-order valence-corrected chi connectivity index (χ2v) is 6.54. The van der Waals surface area contributed by atoms with Crippen molar-refractivity contribution in [3.8, 4) is 0 Å². The second-order valence-electron chi connectivity index (χ2n) is 5.66. The van der Waals surface area contributed by atoms with Gasteiger partial charge in [-0.2, -0.15) is 0 Å². The molecular formula is C20H22O3S. The van der Waals surface area contributed by atoms with Gasteiger partial charge in [0.1, 0.15) is 0 Å². The molecule has 0 N–H and O–H groups in total. The van der Waals surface area contributed by atoms with E-state index in [4.69, 9.17) is 4.74 Å². The predicted octanol–water partition coefficient (Wildman–Crippen LogP) is 4.46. The average Bonchev–Trinajstić information content (AvgIpc) is 2.60. The summed E-state index contributed by atoms with van der Waals surface area (Å²) in [7, 11) is 0. The third-order valence-electron chi connectivity index (χ3n) is 3.84. The maximum atomic E-state index is 12.5. The Labute approximate surface area is 147 Å². The molecule has 2 aromatic carbocycles. The minimum Gasteiger partial charge on any atom is -0.454 e. The van der Waals surface area contributed by atoms with Crippen molar-refractivity contribution in [2.45, 2.75) is 37.7 Å². The number of benzene rings is 2. The molecule has 0 saturated carbocycles. The van der Waals surface area contributed by atoms with E-state index in [2.05, 4.69) is 0 Å². The summed E-state index contributed by atoms with van der Waals surface area (Å²) in [6.45, 7) is 3.53. The van der Waals surface area contributed by atoms with Gasteiger partial charge in [-0.1, -0.05) is 30.3 Å². The van der Waals surface area contributed by atoms with Crippen LogP contribution in [0.2, 0.25) is 0 Å². The van der Waals surface area contributed by atoms with E-state index < -0.39 is 6.10 Å². The number of carbonyl (C=O) groups excluding carboxylic acids is 2. The summed E-state index contributed by atoms with van der Waals surface area (Å²) in [4.78, 5) is 25.6. The van der Waals surface area contributed by atoms with Gasteiger partial charge in [-0.3, -0.25) is 9.59 Å². The van der Waals surface area contributed by atoms with Crippen LogP contribution in [0.4, 0.5) is 0 Å². The van der Waals surface area contributed by atoms with Gasteiger partial charge in [0, 0.05) is 16.9 Å². The molecule has 24 heavy (non-hydrogen) atoms. The highest BCUT2D eigenvalue weighted by Gasteiger charge is 2.21. The van der Waals surface area contributed by atoms with Gasteiger partial charge in [0.15, 0.2) is 6.10 Å². The Morgan fingerprint density at radius 3 is 2.46 bits per heavy atom. The van der Waals surface area contributed by atoms with Crippen molar-refractivity contribution < 1.29 is 14.3 Å². The molecule has 0 saturated heterocycles. The number of ketones is 1. The highest BCUT2D eigenvalue weighted by molar-refractivity contribution is 7.98. The molecule has 0 bridgehead atoms. The monoisotopic (exact) mass is 342 g/mol.